The molecule has 0 spiro atoms. The minimum Gasteiger partial charge on any atom is -0.496 e. The summed E-state index contributed by atoms with van der Waals surface area (Å²) in [6.45, 7) is 9.27. The van der Waals surface area contributed by atoms with E-state index in [1.165, 1.54) is 5.56 Å². The third-order valence-electron chi connectivity index (χ3n) is 3.41. The second kappa shape index (κ2) is 6.57. The summed E-state index contributed by atoms with van der Waals surface area (Å²) in [5.41, 5.74) is 3.10. The third-order valence-corrected chi connectivity index (χ3v) is 3.41. The van der Waals surface area contributed by atoms with E-state index in [0.29, 0.717) is 11.7 Å². The molecule has 0 radical (unpaired) electrons. The van der Waals surface area contributed by atoms with Crippen molar-refractivity contribution < 1.29 is 4.74 Å². The Hall–Kier alpha value is -2.10. The summed E-state index contributed by atoms with van der Waals surface area (Å²) >= 11 is 0. The molecule has 4 nitrogen and oxygen atoms in total. The summed E-state index contributed by atoms with van der Waals surface area (Å²) in [5.74, 6) is 2.79. The Morgan fingerprint density at radius 1 is 1.19 bits per heavy atom. The zero-order chi connectivity index (χ0) is 15.4. The Morgan fingerprint density at radius 3 is 2.52 bits per heavy atom. The van der Waals surface area contributed by atoms with E-state index < -0.39 is 0 Å². The molecular formula is C17H23N3O. The lowest BCUT2D eigenvalue weighted by atomic mass is 10.0. The van der Waals surface area contributed by atoms with E-state index >= 15 is 0 Å². The van der Waals surface area contributed by atoms with E-state index in [1.807, 2.05) is 31.2 Å². The van der Waals surface area contributed by atoms with Crippen molar-refractivity contribution in [2.75, 3.05) is 19.0 Å². The number of anilines is 1. The fourth-order valence-electron chi connectivity index (χ4n) is 2.52. The highest BCUT2D eigenvalue weighted by Gasteiger charge is 2.16. The lowest BCUT2D eigenvalue weighted by molar-refractivity contribution is 0.416. The molecule has 0 saturated carbocycles. The van der Waals surface area contributed by atoms with Gasteiger partial charge < -0.3 is 10.1 Å². The van der Waals surface area contributed by atoms with Crippen LogP contribution in [0.5, 0.6) is 5.75 Å². The van der Waals surface area contributed by atoms with Gasteiger partial charge in [0.1, 0.15) is 11.6 Å². The fraction of sp³-hybridized carbons (Fsp3) is 0.412. The molecule has 0 saturated heterocycles. The van der Waals surface area contributed by atoms with Gasteiger partial charge in [-0.25, -0.2) is 9.97 Å². The van der Waals surface area contributed by atoms with Gasteiger partial charge in [0.2, 0.25) is 0 Å². The zero-order valence-corrected chi connectivity index (χ0v) is 13.4. The lowest BCUT2D eigenvalue weighted by Gasteiger charge is -2.17. The van der Waals surface area contributed by atoms with Gasteiger partial charge in [0.25, 0.3) is 0 Å². The van der Waals surface area contributed by atoms with E-state index in [2.05, 4.69) is 31.1 Å². The van der Waals surface area contributed by atoms with E-state index in [4.69, 9.17) is 9.72 Å². The van der Waals surface area contributed by atoms with Crippen LogP contribution >= 0.6 is 0 Å². The van der Waals surface area contributed by atoms with Gasteiger partial charge in [-0.3, -0.25) is 0 Å². The predicted octanol–water partition coefficient (Wildman–Crippen LogP) is 4.02. The number of rotatable bonds is 5. The average molecular weight is 285 g/mol. The molecule has 0 aliphatic heterocycles. The molecule has 1 heterocycles. The van der Waals surface area contributed by atoms with Gasteiger partial charge in [-0.15, -0.1) is 0 Å². The van der Waals surface area contributed by atoms with Gasteiger partial charge in [-0.05, 0) is 31.9 Å². The van der Waals surface area contributed by atoms with E-state index in [-0.39, 0.29) is 0 Å². The number of para-hydroxylation sites is 1. The number of hydrogen-bond acceptors (Lipinski definition) is 4. The number of hydrogen-bond donors (Lipinski definition) is 1. The Morgan fingerprint density at radius 2 is 1.90 bits per heavy atom. The second-order valence-corrected chi connectivity index (χ2v) is 5.28. The number of benzene rings is 1. The number of methoxy groups -OCH3 is 1. The molecule has 0 amide bonds. The lowest BCUT2D eigenvalue weighted by Crippen LogP contribution is -2.09. The van der Waals surface area contributed by atoms with Crippen LogP contribution in [-0.4, -0.2) is 23.6 Å². The number of aryl methyl sites for hydroxylation is 1. The highest BCUT2D eigenvalue weighted by molar-refractivity contribution is 5.66. The molecule has 2 rings (SSSR count). The van der Waals surface area contributed by atoms with E-state index in [9.17, 15) is 0 Å². The highest BCUT2D eigenvalue weighted by atomic mass is 16.5. The minimum atomic E-state index is 0.380. The monoisotopic (exact) mass is 285 g/mol. The van der Waals surface area contributed by atoms with Crippen molar-refractivity contribution in [1.82, 2.24) is 9.97 Å². The SMILES string of the molecule is CCNc1nc(-c2ccccc2OC)nc(C)c1C(C)C. The van der Waals surface area contributed by atoms with Crippen LogP contribution < -0.4 is 10.1 Å². The molecule has 21 heavy (non-hydrogen) atoms. The Labute approximate surface area is 126 Å². The van der Waals surface area contributed by atoms with Crippen LogP contribution in [0.4, 0.5) is 5.82 Å². The average Bonchev–Trinajstić information content (AvgIpc) is 2.46. The largest absolute Gasteiger partial charge is 0.496 e. The van der Waals surface area contributed by atoms with Gasteiger partial charge >= 0.3 is 0 Å². The molecule has 1 N–H and O–H groups in total. The van der Waals surface area contributed by atoms with E-state index in [0.717, 1.165) is 29.4 Å². The van der Waals surface area contributed by atoms with Crippen LogP contribution in [0.2, 0.25) is 0 Å². The number of aromatic nitrogens is 2. The molecule has 112 valence electrons. The van der Waals surface area contributed by atoms with Crippen molar-refractivity contribution >= 4 is 5.82 Å². The molecule has 4 heteroatoms. The van der Waals surface area contributed by atoms with Crippen LogP contribution in [0.25, 0.3) is 11.4 Å². The van der Waals surface area contributed by atoms with Crippen molar-refractivity contribution in [2.24, 2.45) is 0 Å². The standard InChI is InChI=1S/C17H23N3O/c1-6-18-17-15(11(2)3)12(4)19-16(20-17)13-9-7-8-10-14(13)21-5/h7-11H,6H2,1-5H3,(H,18,19,20). The molecular weight excluding hydrogens is 262 g/mol. The van der Waals surface area contributed by atoms with Crippen molar-refractivity contribution in [3.05, 3.63) is 35.5 Å². The summed E-state index contributed by atoms with van der Waals surface area (Å²) in [7, 11) is 1.67. The molecule has 0 unspecified atom stereocenters. The predicted molar refractivity (Wildman–Crippen MR) is 87.0 cm³/mol. The summed E-state index contributed by atoms with van der Waals surface area (Å²) in [5, 5.41) is 3.35. The van der Waals surface area contributed by atoms with Gasteiger partial charge in [0, 0.05) is 17.8 Å². The topological polar surface area (TPSA) is 47.0 Å². The van der Waals surface area contributed by atoms with Crippen molar-refractivity contribution in [3.8, 4) is 17.1 Å². The first-order valence-corrected chi connectivity index (χ1v) is 7.34. The van der Waals surface area contributed by atoms with Gasteiger partial charge in [-0.2, -0.15) is 0 Å². The zero-order valence-electron chi connectivity index (χ0n) is 13.4. The van der Waals surface area contributed by atoms with Crippen LogP contribution in [0.15, 0.2) is 24.3 Å². The Balaban J connectivity index is 2.60. The van der Waals surface area contributed by atoms with Gasteiger partial charge in [0.15, 0.2) is 5.82 Å². The number of ether oxygens (including phenoxy) is 1. The molecule has 2 aromatic rings. The molecule has 0 atom stereocenters. The quantitative estimate of drug-likeness (QED) is 0.901. The third kappa shape index (κ3) is 3.15. The maximum atomic E-state index is 5.42. The molecule has 0 bridgehead atoms. The Bertz CT molecular complexity index is 623. The first-order chi connectivity index (χ1) is 10.1. The summed E-state index contributed by atoms with van der Waals surface area (Å²) in [6.07, 6.45) is 0. The minimum absolute atomic E-state index is 0.380. The fourth-order valence-corrected chi connectivity index (χ4v) is 2.52. The van der Waals surface area contributed by atoms with Crippen LogP contribution in [0.1, 0.15) is 37.9 Å². The normalized spacial score (nSPS) is 10.8. The first kappa shape index (κ1) is 15.3. The van der Waals surface area contributed by atoms with E-state index in [1.54, 1.807) is 7.11 Å². The molecule has 1 aromatic carbocycles. The van der Waals surface area contributed by atoms with Crippen LogP contribution in [0, 0.1) is 6.92 Å². The number of nitrogens with zero attached hydrogens (tertiary/aromatic N) is 2. The smallest absolute Gasteiger partial charge is 0.165 e. The summed E-state index contributed by atoms with van der Waals surface area (Å²) in [6, 6.07) is 7.83. The number of nitrogens with one attached hydrogen (secondary N) is 1. The van der Waals surface area contributed by atoms with Crippen molar-refractivity contribution in [3.63, 3.8) is 0 Å². The second-order valence-electron chi connectivity index (χ2n) is 5.28. The molecule has 0 aliphatic carbocycles. The summed E-state index contributed by atoms with van der Waals surface area (Å²) < 4.78 is 5.42. The maximum absolute atomic E-state index is 5.42. The molecule has 1 aromatic heterocycles. The van der Waals surface area contributed by atoms with Crippen molar-refractivity contribution in [2.45, 2.75) is 33.6 Å². The van der Waals surface area contributed by atoms with Gasteiger partial charge in [-0.1, -0.05) is 26.0 Å². The first-order valence-electron chi connectivity index (χ1n) is 7.34. The van der Waals surface area contributed by atoms with Crippen molar-refractivity contribution in [1.29, 1.82) is 0 Å². The van der Waals surface area contributed by atoms with Crippen LogP contribution in [-0.2, 0) is 0 Å². The highest BCUT2D eigenvalue weighted by Crippen LogP contribution is 2.31. The maximum Gasteiger partial charge on any atom is 0.165 e. The molecule has 0 aliphatic rings. The molecule has 0 fully saturated rings. The van der Waals surface area contributed by atoms with Crippen LogP contribution in [0.3, 0.4) is 0 Å². The Kier molecular flexibility index (Phi) is 4.78. The van der Waals surface area contributed by atoms with Gasteiger partial charge in [0.05, 0.1) is 12.7 Å². The summed E-state index contributed by atoms with van der Waals surface area (Å²) in [4.78, 5) is 9.41.